The fourth-order valence-corrected chi connectivity index (χ4v) is 2.45. The summed E-state index contributed by atoms with van der Waals surface area (Å²) < 4.78 is 5.36. The molecule has 0 atom stereocenters. The lowest BCUT2D eigenvalue weighted by molar-refractivity contribution is 0.0903. The number of aromatic nitrogens is 2. The first-order chi connectivity index (χ1) is 9.22. The number of hydrogen-bond acceptors (Lipinski definition) is 5. The molecule has 0 radical (unpaired) electrons. The summed E-state index contributed by atoms with van der Waals surface area (Å²) in [6.07, 6.45) is 6.11. The van der Waals surface area contributed by atoms with Crippen LogP contribution in [0.2, 0.25) is 0 Å². The van der Waals surface area contributed by atoms with Crippen LogP contribution in [0.1, 0.15) is 31.0 Å². The first-order valence-corrected chi connectivity index (χ1v) is 6.82. The summed E-state index contributed by atoms with van der Waals surface area (Å²) in [5, 5.41) is 3.42. The zero-order valence-corrected chi connectivity index (χ0v) is 11.5. The minimum Gasteiger partial charge on any atom is -0.381 e. The standard InChI is InChI=1S/C14H20N4O/c1-10-7-11-8-15-14(17-13(11)9-18(10)2)16-12-3-5-19-6-4-12/h7-8,12H,3-6,9H2,1-2H3,(H,15,16,17). The molecule has 102 valence electrons. The SMILES string of the molecule is CC1=Cc2cnc(NC3CCOCC3)nc2CN1C. The molecule has 0 saturated carbocycles. The zero-order chi connectivity index (χ0) is 13.2. The van der Waals surface area contributed by atoms with Gasteiger partial charge in [0.15, 0.2) is 0 Å². The van der Waals surface area contributed by atoms with Crippen molar-refractivity contribution in [3.63, 3.8) is 0 Å². The summed E-state index contributed by atoms with van der Waals surface area (Å²) in [5.41, 5.74) is 3.48. The van der Waals surface area contributed by atoms with Crippen LogP contribution < -0.4 is 5.32 Å². The molecule has 19 heavy (non-hydrogen) atoms. The highest BCUT2D eigenvalue weighted by atomic mass is 16.5. The first kappa shape index (κ1) is 12.4. The van der Waals surface area contributed by atoms with Gasteiger partial charge in [0.05, 0.1) is 12.2 Å². The second-order valence-electron chi connectivity index (χ2n) is 5.27. The molecular formula is C14H20N4O. The zero-order valence-electron chi connectivity index (χ0n) is 11.5. The van der Waals surface area contributed by atoms with E-state index in [1.165, 1.54) is 5.70 Å². The van der Waals surface area contributed by atoms with Crippen LogP contribution in [0.25, 0.3) is 6.08 Å². The molecule has 0 aliphatic carbocycles. The molecule has 5 nitrogen and oxygen atoms in total. The van der Waals surface area contributed by atoms with E-state index in [9.17, 15) is 0 Å². The largest absolute Gasteiger partial charge is 0.381 e. The molecule has 2 aliphatic rings. The van der Waals surface area contributed by atoms with Crippen LogP contribution in [-0.2, 0) is 11.3 Å². The average molecular weight is 260 g/mol. The van der Waals surface area contributed by atoms with Gasteiger partial charge in [0.25, 0.3) is 0 Å². The number of allylic oxidation sites excluding steroid dienone is 1. The number of rotatable bonds is 2. The van der Waals surface area contributed by atoms with E-state index in [0.29, 0.717) is 6.04 Å². The van der Waals surface area contributed by atoms with Crippen molar-refractivity contribution in [2.24, 2.45) is 0 Å². The second kappa shape index (κ2) is 5.17. The molecule has 3 rings (SSSR count). The monoisotopic (exact) mass is 260 g/mol. The van der Waals surface area contributed by atoms with Gasteiger partial charge in [0.2, 0.25) is 5.95 Å². The van der Waals surface area contributed by atoms with E-state index < -0.39 is 0 Å². The van der Waals surface area contributed by atoms with Gasteiger partial charge in [-0.1, -0.05) is 0 Å². The van der Waals surface area contributed by atoms with E-state index in [4.69, 9.17) is 4.74 Å². The number of ether oxygens (including phenoxy) is 1. The van der Waals surface area contributed by atoms with Gasteiger partial charge in [-0.3, -0.25) is 0 Å². The minimum absolute atomic E-state index is 0.436. The molecule has 1 aromatic heterocycles. The number of nitrogens with one attached hydrogen (secondary N) is 1. The minimum atomic E-state index is 0.436. The van der Waals surface area contributed by atoms with Gasteiger partial charge in [-0.2, -0.15) is 0 Å². The number of hydrogen-bond donors (Lipinski definition) is 1. The quantitative estimate of drug-likeness (QED) is 0.879. The molecule has 0 unspecified atom stereocenters. The molecule has 3 heterocycles. The molecule has 5 heteroatoms. The Balaban J connectivity index is 1.76. The Hall–Kier alpha value is -1.62. The third kappa shape index (κ3) is 2.71. The van der Waals surface area contributed by atoms with E-state index in [1.807, 2.05) is 6.20 Å². The van der Waals surface area contributed by atoms with Crippen molar-refractivity contribution in [1.82, 2.24) is 14.9 Å². The van der Waals surface area contributed by atoms with Crippen molar-refractivity contribution in [3.8, 4) is 0 Å². The average Bonchev–Trinajstić information content (AvgIpc) is 2.42. The molecule has 1 fully saturated rings. The lowest BCUT2D eigenvalue weighted by Gasteiger charge is -2.26. The maximum Gasteiger partial charge on any atom is 0.223 e. The van der Waals surface area contributed by atoms with E-state index in [-0.39, 0.29) is 0 Å². The third-order valence-corrected chi connectivity index (χ3v) is 3.81. The Bertz CT molecular complexity index is 494. The molecule has 1 saturated heterocycles. The molecule has 0 bridgehead atoms. The van der Waals surface area contributed by atoms with Crippen molar-refractivity contribution in [2.45, 2.75) is 32.4 Å². The molecule has 0 amide bonds. The van der Waals surface area contributed by atoms with Gasteiger partial charge in [-0.25, -0.2) is 9.97 Å². The van der Waals surface area contributed by atoms with Gasteiger partial charge in [0, 0.05) is 43.8 Å². The Morgan fingerprint density at radius 2 is 2.16 bits per heavy atom. The van der Waals surface area contributed by atoms with Crippen LogP contribution in [0, 0.1) is 0 Å². The predicted molar refractivity (Wildman–Crippen MR) is 74.6 cm³/mol. The second-order valence-corrected chi connectivity index (χ2v) is 5.27. The van der Waals surface area contributed by atoms with Gasteiger partial charge in [-0.15, -0.1) is 0 Å². The topological polar surface area (TPSA) is 50.3 Å². The Morgan fingerprint density at radius 3 is 2.95 bits per heavy atom. The van der Waals surface area contributed by atoms with Gasteiger partial charge in [-0.05, 0) is 25.8 Å². The highest BCUT2D eigenvalue weighted by Gasteiger charge is 2.17. The highest BCUT2D eigenvalue weighted by Crippen LogP contribution is 2.22. The van der Waals surface area contributed by atoms with Crippen molar-refractivity contribution in [1.29, 1.82) is 0 Å². The molecule has 0 spiro atoms. The lowest BCUT2D eigenvalue weighted by Crippen LogP contribution is -2.29. The smallest absolute Gasteiger partial charge is 0.223 e. The number of nitrogens with zero attached hydrogens (tertiary/aromatic N) is 3. The first-order valence-electron chi connectivity index (χ1n) is 6.82. The normalized spacial score (nSPS) is 19.9. The molecule has 2 aliphatic heterocycles. The van der Waals surface area contributed by atoms with E-state index in [0.717, 1.165) is 49.8 Å². The fraction of sp³-hybridized carbons (Fsp3) is 0.571. The Kier molecular flexibility index (Phi) is 3.38. The van der Waals surface area contributed by atoms with Crippen molar-refractivity contribution >= 4 is 12.0 Å². The summed E-state index contributed by atoms with van der Waals surface area (Å²) in [6.45, 7) is 4.61. The van der Waals surface area contributed by atoms with Crippen LogP contribution in [0.4, 0.5) is 5.95 Å². The fourth-order valence-electron chi connectivity index (χ4n) is 2.45. The van der Waals surface area contributed by atoms with E-state index in [1.54, 1.807) is 0 Å². The lowest BCUT2D eigenvalue weighted by atomic mass is 10.1. The van der Waals surface area contributed by atoms with E-state index in [2.05, 4.69) is 40.2 Å². The summed E-state index contributed by atoms with van der Waals surface area (Å²) in [4.78, 5) is 11.3. The maximum absolute atomic E-state index is 5.36. The Morgan fingerprint density at radius 1 is 1.37 bits per heavy atom. The van der Waals surface area contributed by atoms with Crippen molar-refractivity contribution in [3.05, 3.63) is 23.2 Å². The molecule has 0 aromatic carbocycles. The van der Waals surface area contributed by atoms with Crippen LogP contribution >= 0.6 is 0 Å². The third-order valence-electron chi connectivity index (χ3n) is 3.81. The van der Waals surface area contributed by atoms with Crippen LogP contribution in [-0.4, -0.2) is 41.2 Å². The number of fused-ring (bicyclic) bond motifs is 1. The highest BCUT2D eigenvalue weighted by molar-refractivity contribution is 5.56. The van der Waals surface area contributed by atoms with E-state index >= 15 is 0 Å². The van der Waals surface area contributed by atoms with Crippen molar-refractivity contribution < 1.29 is 4.74 Å². The van der Waals surface area contributed by atoms with Gasteiger partial charge in [0.1, 0.15) is 0 Å². The summed E-state index contributed by atoms with van der Waals surface area (Å²) in [7, 11) is 2.09. The van der Waals surface area contributed by atoms with Crippen LogP contribution in [0.15, 0.2) is 11.9 Å². The van der Waals surface area contributed by atoms with Crippen LogP contribution in [0.5, 0.6) is 0 Å². The summed E-state index contributed by atoms with van der Waals surface area (Å²) in [5.74, 6) is 0.743. The van der Waals surface area contributed by atoms with Crippen molar-refractivity contribution in [2.75, 3.05) is 25.6 Å². The summed E-state index contributed by atoms with van der Waals surface area (Å²) in [6, 6.07) is 0.436. The molecule has 1 aromatic rings. The summed E-state index contributed by atoms with van der Waals surface area (Å²) >= 11 is 0. The molecule has 1 N–H and O–H groups in total. The number of anilines is 1. The predicted octanol–water partition coefficient (Wildman–Crippen LogP) is 1.87. The van der Waals surface area contributed by atoms with Gasteiger partial charge < -0.3 is 15.0 Å². The Labute approximate surface area is 113 Å². The molecular weight excluding hydrogens is 240 g/mol. The van der Waals surface area contributed by atoms with Crippen LogP contribution in [0.3, 0.4) is 0 Å². The maximum atomic E-state index is 5.36. The van der Waals surface area contributed by atoms with Gasteiger partial charge >= 0.3 is 0 Å².